The molecule has 0 saturated carbocycles. The standard InChI is InChI=1S/C31H35BN6O3/c1-19-11-38(27-7-3-20(10-33)30-24(27)5-8-29(32)35-30)13-23(41-19)12-36-17-31(18-36)25-6-4-22(9-21(25)16-40-31)37-14-26(34)28(15-37)39-2/h3-9,19,23,26,28H,11-18,34H2,1-2H3/t19-,23+,26-,28-/m1/s1. The average Bonchev–Trinajstić information content (AvgIpc) is 3.52. The maximum absolute atomic E-state index is 9.59. The van der Waals surface area contributed by atoms with E-state index in [0.717, 1.165) is 56.9 Å². The molecule has 1 aromatic heterocycles. The molecule has 2 N–H and O–H groups in total. The van der Waals surface area contributed by atoms with Crippen molar-refractivity contribution in [2.45, 2.75) is 43.5 Å². The molecule has 0 unspecified atom stereocenters. The zero-order valence-corrected chi connectivity index (χ0v) is 23.6. The van der Waals surface area contributed by atoms with Crippen molar-refractivity contribution >= 4 is 35.7 Å². The van der Waals surface area contributed by atoms with Gasteiger partial charge in [0.05, 0.1) is 42.0 Å². The Morgan fingerprint density at radius 1 is 1.12 bits per heavy atom. The third kappa shape index (κ3) is 4.66. The number of fused-ring (bicyclic) bond motifs is 3. The van der Waals surface area contributed by atoms with Crippen LogP contribution in [-0.4, -0.2) is 95.0 Å². The molecular formula is C31H35BN6O3. The zero-order chi connectivity index (χ0) is 28.3. The Kier molecular flexibility index (Phi) is 6.68. The van der Waals surface area contributed by atoms with E-state index in [1.54, 1.807) is 13.2 Å². The van der Waals surface area contributed by atoms with Gasteiger partial charge in [0.1, 0.15) is 19.5 Å². The van der Waals surface area contributed by atoms with Crippen LogP contribution in [0.4, 0.5) is 11.4 Å². The van der Waals surface area contributed by atoms with Crippen molar-refractivity contribution in [3.63, 3.8) is 0 Å². The van der Waals surface area contributed by atoms with Crippen molar-refractivity contribution in [1.29, 1.82) is 5.26 Å². The van der Waals surface area contributed by atoms with Crippen LogP contribution in [0.25, 0.3) is 10.9 Å². The molecule has 210 valence electrons. The molecule has 9 nitrogen and oxygen atoms in total. The molecule has 4 aliphatic heterocycles. The van der Waals surface area contributed by atoms with Gasteiger partial charge in [-0.2, -0.15) is 5.26 Å². The summed E-state index contributed by atoms with van der Waals surface area (Å²) in [5, 5.41) is 10.5. The number of nitrogens with two attached hydrogens (primary N) is 1. The topological polar surface area (TPSA) is 100 Å². The second kappa shape index (κ2) is 10.3. The van der Waals surface area contributed by atoms with Gasteiger partial charge in [-0.05, 0) is 54.0 Å². The van der Waals surface area contributed by atoms with Crippen molar-refractivity contribution in [3.8, 4) is 6.07 Å². The molecule has 3 fully saturated rings. The van der Waals surface area contributed by atoms with E-state index in [4.69, 9.17) is 27.8 Å². The van der Waals surface area contributed by atoms with Crippen LogP contribution in [0.3, 0.4) is 0 Å². The number of morpholine rings is 1. The molecule has 4 atom stereocenters. The van der Waals surface area contributed by atoms with Gasteiger partial charge in [-0.15, -0.1) is 0 Å². The summed E-state index contributed by atoms with van der Waals surface area (Å²) >= 11 is 0. The SMILES string of the molecule is [B]c1ccc2c(N3C[C@H](CN4CC5(C4)OCc4cc(N6C[C@@H](N)[C@H](OC)C6)ccc45)O[C@H](C)C3)ccc(C#N)c2n1. The summed E-state index contributed by atoms with van der Waals surface area (Å²) in [6.45, 7) is 8.47. The number of aromatic nitrogens is 1. The monoisotopic (exact) mass is 550 g/mol. The lowest BCUT2D eigenvalue weighted by atomic mass is 9.85. The first-order valence-corrected chi connectivity index (χ1v) is 14.4. The number of ether oxygens (including phenoxy) is 3. The summed E-state index contributed by atoms with van der Waals surface area (Å²) in [4.78, 5) is 11.6. The van der Waals surface area contributed by atoms with Crippen molar-refractivity contribution < 1.29 is 14.2 Å². The average molecular weight is 550 g/mol. The minimum absolute atomic E-state index is 0.0304. The van der Waals surface area contributed by atoms with E-state index in [1.807, 2.05) is 18.2 Å². The fourth-order valence-corrected chi connectivity index (χ4v) is 7.17. The van der Waals surface area contributed by atoms with Gasteiger partial charge in [-0.1, -0.05) is 12.1 Å². The molecule has 5 heterocycles. The highest BCUT2D eigenvalue weighted by Gasteiger charge is 2.50. The van der Waals surface area contributed by atoms with Gasteiger partial charge in [0.15, 0.2) is 0 Å². The van der Waals surface area contributed by atoms with Crippen LogP contribution < -0.4 is 21.1 Å². The summed E-state index contributed by atoms with van der Waals surface area (Å²) < 4.78 is 18.4. The lowest BCUT2D eigenvalue weighted by Gasteiger charge is -2.50. The molecule has 4 aliphatic rings. The molecule has 0 aliphatic carbocycles. The number of hydrogen-bond acceptors (Lipinski definition) is 9. The van der Waals surface area contributed by atoms with E-state index < -0.39 is 0 Å². The molecule has 3 saturated heterocycles. The number of pyridine rings is 1. The van der Waals surface area contributed by atoms with Crippen molar-refractivity contribution in [2.24, 2.45) is 5.73 Å². The molecule has 7 rings (SSSR count). The number of methoxy groups -OCH3 is 1. The van der Waals surface area contributed by atoms with Crippen molar-refractivity contribution in [3.05, 3.63) is 59.2 Å². The summed E-state index contributed by atoms with van der Waals surface area (Å²) in [5.41, 5.74) is 12.4. The molecule has 0 amide bonds. The van der Waals surface area contributed by atoms with E-state index in [9.17, 15) is 5.26 Å². The number of anilines is 2. The summed E-state index contributed by atoms with van der Waals surface area (Å²) in [6.07, 6.45) is 0.201. The van der Waals surface area contributed by atoms with Crippen LogP contribution in [0, 0.1) is 11.3 Å². The Bertz CT molecular complexity index is 1520. The molecule has 2 radical (unpaired) electrons. The van der Waals surface area contributed by atoms with Gasteiger partial charge in [0, 0.05) is 69.7 Å². The zero-order valence-electron chi connectivity index (χ0n) is 23.6. The lowest BCUT2D eigenvalue weighted by molar-refractivity contribution is -0.155. The molecule has 0 bridgehead atoms. The maximum atomic E-state index is 9.59. The van der Waals surface area contributed by atoms with E-state index >= 15 is 0 Å². The summed E-state index contributed by atoms with van der Waals surface area (Å²) in [6, 6.07) is 16.6. The highest BCUT2D eigenvalue weighted by Crippen LogP contribution is 2.45. The number of nitriles is 1. The van der Waals surface area contributed by atoms with Crippen molar-refractivity contribution in [2.75, 3.05) is 62.7 Å². The fourth-order valence-electron chi connectivity index (χ4n) is 7.17. The normalized spacial score (nSPS) is 27.3. The molecule has 10 heteroatoms. The van der Waals surface area contributed by atoms with Crippen LogP contribution >= 0.6 is 0 Å². The molecule has 41 heavy (non-hydrogen) atoms. The summed E-state index contributed by atoms with van der Waals surface area (Å²) in [7, 11) is 7.68. The maximum Gasteiger partial charge on any atom is 0.141 e. The highest BCUT2D eigenvalue weighted by atomic mass is 16.5. The van der Waals surface area contributed by atoms with Crippen LogP contribution in [0.5, 0.6) is 0 Å². The van der Waals surface area contributed by atoms with E-state index in [-0.39, 0.29) is 30.0 Å². The van der Waals surface area contributed by atoms with Crippen molar-refractivity contribution in [1.82, 2.24) is 9.88 Å². The van der Waals surface area contributed by atoms with E-state index in [2.05, 4.69) is 50.9 Å². The molecule has 1 spiro atoms. The number of rotatable bonds is 5. The Labute approximate surface area is 242 Å². The quantitative estimate of drug-likeness (QED) is 0.473. The van der Waals surface area contributed by atoms with E-state index in [0.29, 0.717) is 23.3 Å². The lowest BCUT2D eigenvalue weighted by Crippen LogP contribution is -2.62. The van der Waals surface area contributed by atoms with Crippen LogP contribution in [0.15, 0.2) is 42.5 Å². The minimum atomic E-state index is -0.237. The van der Waals surface area contributed by atoms with Gasteiger partial charge in [0.25, 0.3) is 0 Å². The van der Waals surface area contributed by atoms with Gasteiger partial charge in [0.2, 0.25) is 0 Å². The Morgan fingerprint density at radius 2 is 1.98 bits per heavy atom. The second-order valence-electron chi connectivity index (χ2n) is 12.0. The number of hydrogen-bond donors (Lipinski definition) is 1. The number of nitrogens with zero attached hydrogens (tertiary/aromatic N) is 5. The molecule has 2 aromatic carbocycles. The highest BCUT2D eigenvalue weighted by molar-refractivity contribution is 6.31. The van der Waals surface area contributed by atoms with Gasteiger partial charge >= 0.3 is 0 Å². The third-order valence-electron chi connectivity index (χ3n) is 9.12. The van der Waals surface area contributed by atoms with Crippen LogP contribution in [0.1, 0.15) is 23.6 Å². The molecular weight excluding hydrogens is 515 g/mol. The first-order valence-electron chi connectivity index (χ1n) is 14.4. The first kappa shape index (κ1) is 26.7. The predicted molar refractivity (Wildman–Crippen MR) is 159 cm³/mol. The fraction of sp³-hybridized carbons (Fsp3) is 0.484. The minimum Gasteiger partial charge on any atom is -0.378 e. The first-order chi connectivity index (χ1) is 19.9. The van der Waals surface area contributed by atoms with Crippen LogP contribution in [-0.2, 0) is 26.4 Å². The van der Waals surface area contributed by atoms with Crippen LogP contribution in [0.2, 0.25) is 0 Å². The Balaban J connectivity index is 1.03. The summed E-state index contributed by atoms with van der Waals surface area (Å²) in [5.74, 6) is 0. The van der Waals surface area contributed by atoms with Gasteiger partial charge in [-0.3, -0.25) is 9.88 Å². The third-order valence-corrected chi connectivity index (χ3v) is 9.12. The molecule has 3 aromatic rings. The smallest absolute Gasteiger partial charge is 0.141 e. The largest absolute Gasteiger partial charge is 0.378 e. The van der Waals surface area contributed by atoms with Gasteiger partial charge < -0.3 is 29.7 Å². The second-order valence-corrected chi connectivity index (χ2v) is 12.0. The van der Waals surface area contributed by atoms with Gasteiger partial charge in [-0.25, -0.2) is 0 Å². The van der Waals surface area contributed by atoms with E-state index in [1.165, 1.54) is 16.8 Å². The number of benzene rings is 2. The predicted octanol–water partition coefficient (Wildman–Crippen LogP) is 1.40. The Hall–Kier alpha value is -3.20. The Morgan fingerprint density at radius 3 is 2.76 bits per heavy atom. The number of likely N-dealkylation sites (tertiary alicyclic amines) is 1.